The number of esters is 1. The molecular formula is C16H20ClNO4. The van der Waals surface area contributed by atoms with Gasteiger partial charge in [-0.15, -0.1) is 0 Å². The predicted octanol–water partition coefficient (Wildman–Crippen LogP) is 2.76. The molecule has 1 fully saturated rings. The molecule has 1 heterocycles. The van der Waals surface area contributed by atoms with Crippen molar-refractivity contribution in [2.75, 3.05) is 26.8 Å². The van der Waals surface area contributed by atoms with Gasteiger partial charge in [0.05, 0.1) is 7.11 Å². The molecule has 1 aliphatic rings. The summed E-state index contributed by atoms with van der Waals surface area (Å²) in [6, 6.07) is 4.65. The summed E-state index contributed by atoms with van der Waals surface area (Å²) in [7, 11) is 1.29. The zero-order valence-electron chi connectivity index (χ0n) is 12.8. The molecule has 1 amide bonds. The SMILES string of the molecule is COC(=O)c1cc(Cl)ccc1OCC(=O)N1CCCC(C)C1. The van der Waals surface area contributed by atoms with Crippen molar-refractivity contribution < 1.29 is 19.1 Å². The number of halogens is 1. The number of carbonyl (C=O) groups is 2. The third-order valence-corrected chi connectivity index (χ3v) is 3.94. The van der Waals surface area contributed by atoms with Gasteiger partial charge in [0.2, 0.25) is 0 Å². The zero-order valence-corrected chi connectivity index (χ0v) is 13.6. The fraction of sp³-hybridized carbons (Fsp3) is 0.500. The highest BCUT2D eigenvalue weighted by Gasteiger charge is 2.22. The van der Waals surface area contributed by atoms with E-state index in [-0.39, 0.29) is 18.1 Å². The van der Waals surface area contributed by atoms with Crippen LogP contribution < -0.4 is 4.74 Å². The summed E-state index contributed by atoms with van der Waals surface area (Å²) in [4.78, 5) is 25.7. The Balaban J connectivity index is 2.02. The lowest BCUT2D eigenvalue weighted by Crippen LogP contribution is -2.41. The Morgan fingerprint density at radius 2 is 2.18 bits per heavy atom. The van der Waals surface area contributed by atoms with Gasteiger partial charge in [-0.2, -0.15) is 0 Å². The Bertz CT molecular complexity index is 561. The first-order chi connectivity index (χ1) is 10.5. The minimum Gasteiger partial charge on any atom is -0.483 e. The normalized spacial score (nSPS) is 18.0. The summed E-state index contributed by atoms with van der Waals surface area (Å²) in [5.41, 5.74) is 0.217. The summed E-state index contributed by atoms with van der Waals surface area (Å²) < 4.78 is 10.2. The number of benzene rings is 1. The fourth-order valence-corrected chi connectivity index (χ4v) is 2.72. The minimum atomic E-state index is -0.545. The molecule has 0 bridgehead atoms. The maximum Gasteiger partial charge on any atom is 0.341 e. The van der Waals surface area contributed by atoms with Crippen LogP contribution in [0.3, 0.4) is 0 Å². The van der Waals surface area contributed by atoms with E-state index in [9.17, 15) is 9.59 Å². The number of methoxy groups -OCH3 is 1. The molecule has 120 valence electrons. The second kappa shape index (κ2) is 7.49. The Hall–Kier alpha value is -1.75. The highest BCUT2D eigenvalue weighted by atomic mass is 35.5. The number of piperidine rings is 1. The zero-order chi connectivity index (χ0) is 16.1. The average Bonchev–Trinajstić information content (AvgIpc) is 2.52. The topological polar surface area (TPSA) is 55.8 Å². The van der Waals surface area contributed by atoms with Gasteiger partial charge in [0.1, 0.15) is 11.3 Å². The standard InChI is InChI=1S/C16H20ClNO4/c1-11-4-3-7-18(9-11)15(19)10-22-14-6-5-12(17)8-13(14)16(20)21-2/h5-6,8,11H,3-4,7,9-10H2,1-2H3. The van der Waals surface area contributed by atoms with Crippen molar-refractivity contribution in [3.8, 4) is 5.75 Å². The maximum absolute atomic E-state index is 12.2. The van der Waals surface area contributed by atoms with Gasteiger partial charge in [0.15, 0.2) is 6.61 Å². The van der Waals surface area contributed by atoms with Gasteiger partial charge >= 0.3 is 5.97 Å². The van der Waals surface area contributed by atoms with Crippen molar-refractivity contribution in [2.24, 2.45) is 5.92 Å². The quantitative estimate of drug-likeness (QED) is 0.799. The minimum absolute atomic E-state index is 0.0719. The highest BCUT2D eigenvalue weighted by Crippen LogP contribution is 2.24. The number of hydrogen-bond acceptors (Lipinski definition) is 4. The van der Waals surface area contributed by atoms with Gasteiger partial charge in [0.25, 0.3) is 5.91 Å². The predicted molar refractivity (Wildman–Crippen MR) is 83.3 cm³/mol. The second-order valence-electron chi connectivity index (χ2n) is 5.51. The first kappa shape index (κ1) is 16.6. The molecule has 5 nitrogen and oxygen atoms in total. The smallest absolute Gasteiger partial charge is 0.341 e. The van der Waals surface area contributed by atoms with Crippen LogP contribution in [0.1, 0.15) is 30.1 Å². The van der Waals surface area contributed by atoms with E-state index in [1.165, 1.54) is 13.2 Å². The van der Waals surface area contributed by atoms with Crippen LogP contribution in [0.5, 0.6) is 5.75 Å². The summed E-state index contributed by atoms with van der Waals surface area (Å²) in [5.74, 6) is 0.197. The number of carbonyl (C=O) groups excluding carboxylic acids is 2. The van der Waals surface area contributed by atoms with E-state index in [0.29, 0.717) is 16.7 Å². The van der Waals surface area contributed by atoms with Gasteiger partial charge < -0.3 is 14.4 Å². The molecule has 22 heavy (non-hydrogen) atoms. The molecular weight excluding hydrogens is 306 g/mol. The average molecular weight is 326 g/mol. The summed E-state index contributed by atoms with van der Waals surface area (Å²) in [6.45, 7) is 3.55. The Labute approximate surface area is 135 Å². The fourth-order valence-electron chi connectivity index (χ4n) is 2.54. The van der Waals surface area contributed by atoms with E-state index < -0.39 is 5.97 Å². The maximum atomic E-state index is 12.2. The molecule has 0 aliphatic carbocycles. The first-order valence-electron chi connectivity index (χ1n) is 7.29. The van der Waals surface area contributed by atoms with Gasteiger partial charge in [-0.3, -0.25) is 4.79 Å². The van der Waals surface area contributed by atoms with E-state index in [1.807, 2.05) is 4.90 Å². The summed E-state index contributed by atoms with van der Waals surface area (Å²) in [6.07, 6.45) is 2.16. The van der Waals surface area contributed by atoms with E-state index >= 15 is 0 Å². The number of amides is 1. The van der Waals surface area contributed by atoms with Gasteiger partial charge in [0, 0.05) is 18.1 Å². The molecule has 1 unspecified atom stereocenters. The molecule has 0 radical (unpaired) electrons. The lowest BCUT2D eigenvalue weighted by molar-refractivity contribution is -0.135. The number of nitrogens with zero attached hydrogens (tertiary/aromatic N) is 1. The molecule has 1 saturated heterocycles. The van der Waals surface area contributed by atoms with E-state index in [0.717, 1.165) is 25.9 Å². The number of rotatable bonds is 4. The monoisotopic (exact) mass is 325 g/mol. The van der Waals surface area contributed by atoms with Crippen LogP contribution in [0.2, 0.25) is 5.02 Å². The molecule has 0 spiro atoms. The number of hydrogen-bond donors (Lipinski definition) is 0. The van der Waals surface area contributed by atoms with Crippen LogP contribution in [-0.4, -0.2) is 43.6 Å². The van der Waals surface area contributed by atoms with Crippen molar-refractivity contribution in [2.45, 2.75) is 19.8 Å². The largest absolute Gasteiger partial charge is 0.483 e. The molecule has 6 heteroatoms. The van der Waals surface area contributed by atoms with Crippen LogP contribution in [0.15, 0.2) is 18.2 Å². The third kappa shape index (κ3) is 4.13. The molecule has 2 rings (SSSR count). The van der Waals surface area contributed by atoms with Crippen molar-refractivity contribution in [1.82, 2.24) is 4.90 Å². The molecule has 1 aromatic rings. The van der Waals surface area contributed by atoms with Gasteiger partial charge in [-0.25, -0.2) is 4.79 Å². The van der Waals surface area contributed by atoms with E-state index in [1.54, 1.807) is 12.1 Å². The van der Waals surface area contributed by atoms with Crippen LogP contribution in [-0.2, 0) is 9.53 Å². The molecule has 1 atom stereocenters. The van der Waals surface area contributed by atoms with Crippen LogP contribution in [0.4, 0.5) is 0 Å². The molecule has 1 aliphatic heterocycles. The summed E-state index contributed by atoms with van der Waals surface area (Å²) >= 11 is 5.88. The summed E-state index contributed by atoms with van der Waals surface area (Å²) in [5, 5.41) is 0.406. The van der Waals surface area contributed by atoms with Crippen LogP contribution in [0, 0.1) is 5.92 Å². The van der Waals surface area contributed by atoms with Gasteiger partial charge in [-0.05, 0) is 37.0 Å². The third-order valence-electron chi connectivity index (χ3n) is 3.71. The van der Waals surface area contributed by atoms with E-state index in [2.05, 4.69) is 6.92 Å². The van der Waals surface area contributed by atoms with Crippen molar-refractivity contribution in [3.63, 3.8) is 0 Å². The van der Waals surface area contributed by atoms with E-state index in [4.69, 9.17) is 21.1 Å². The van der Waals surface area contributed by atoms with Crippen molar-refractivity contribution in [3.05, 3.63) is 28.8 Å². The Kier molecular flexibility index (Phi) is 5.66. The van der Waals surface area contributed by atoms with Crippen LogP contribution in [0.25, 0.3) is 0 Å². The molecule has 0 aromatic heterocycles. The highest BCUT2D eigenvalue weighted by molar-refractivity contribution is 6.31. The van der Waals surface area contributed by atoms with Crippen molar-refractivity contribution in [1.29, 1.82) is 0 Å². The lowest BCUT2D eigenvalue weighted by Gasteiger charge is -2.30. The molecule has 0 saturated carbocycles. The Morgan fingerprint density at radius 3 is 2.86 bits per heavy atom. The number of likely N-dealkylation sites (tertiary alicyclic amines) is 1. The lowest BCUT2D eigenvalue weighted by atomic mass is 10.0. The van der Waals surface area contributed by atoms with Crippen molar-refractivity contribution >= 4 is 23.5 Å². The molecule has 0 N–H and O–H groups in total. The number of ether oxygens (including phenoxy) is 2. The van der Waals surface area contributed by atoms with Crippen LogP contribution >= 0.6 is 11.6 Å². The van der Waals surface area contributed by atoms with Gasteiger partial charge in [-0.1, -0.05) is 18.5 Å². The Morgan fingerprint density at radius 1 is 1.41 bits per heavy atom. The first-order valence-corrected chi connectivity index (χ1v) is 7.67. The molecule has 1 aromatic carbocycles. The second-order valence-corrected chi connectivity index (χ2v) is 5.94.